The fraction of sp³-hybridized carbons (Fsp3) is 0.278. The van der Waals surface area contributed by atoms with Crippen molar-refractivity contribution in [1.29, 1.82) is 0 Å². The van der Waals surface area contributed by atoms with Crippen LogP contribution >= 0.6 is 22.7 Å². The van der Waals surface area contributed by atoms with E-state index < -0.39 is 0 Å². The van der Waals surface area contributed by atoms with E-state index in [9.17, 15) is 9.59 Å². The first-order chi connectivity index (χ1) is 13.7. The maximum Gasteiger partial charge on any atom is 0.286 e. The molecule has 3 heterocycles. The van der Waals surface area contributed by atoms with E-state index in [2.05, 4.69) is 30.7 Å². The van der Waals surface area contributed by atoms with Crippen LogP contribution in [-0.2, 0) is 11.3 Å². The minimum atomic E-state index is -0.283. The molecule has 0 spiro atoms. The number of benzene rings is 1. The van der Waals surface area contributed by atoms with E-state index in [-0.39, 0.29) is 17.9 Å². The smallest absolute Gasteiger partial charge is 0.286 e. The number of carbonyl (C=O) groups excluding carboxylic acids is 2. The van der Waals surface area contributed by atoms with Crippen LogP contribution in [0, 0.1) is 0 Å². The molecule has 2 amide bonds. The molecule has 1 aliphatic rings. The number of hydrogen-bond acceptors (Lipinski definition) is 8. The SMILES string of the molecule is O=C(Nc1ccccc1)c1nnc(CN2CCC[C@H]2C(=O)Nc2nccs2)s1. The Morgan fingerprint density at radius 2 is 2.04 bits per heavy atom. The number of rotatable bonds is 6. The largest absolute Gasteiger partial charge is 0.320 e. The van der Waals surface area contributed by atoms with Crippen molar-refractivity contribution in [2.24, 2.45) is 0 Å². The van der Waals surface area contributed by atoms with Gasteiger partial charge in [-0.05, 0) is 31.5 Å². The lowest BCUT2D eigenvalue weighted by Gasteiger charge is -2.21. The third-order valence-corrected chi connectivity index (χ3v) is 5.96. The molecule has 0 bridgehead atoms. The number of aromatic nitrogens is 3. The number of nitrogens with one attached hydrogen (secondary N) is 2. The summed E-state index contributed by atoms with van der Waals surface area (Å²) in [6.45, 7) is 1.30. The second-order valence-corrected chi connectivity index (χ2v) is 8.23. The summed E-state index contributed by atoms with van der Waals surface area (Å²) >= 11 is 2.64. The molecule has 2 N–H and O–H groups in total. The maximum absolute atomic E-state index is 12.5. The standard InChI is InChI=1S/C18H18N6O2S2/c25-15(21-18-19-8-10-27-18)13-7-4-9-24(13)11-14-22-23-17(28-14)16(26)20-12-5-2-1-3-6-12/h1-3,5-6,8,10,13H,4,7,9,11H2,(H,20,26)(H,19,21,25)/t13-/m0/s1. The van der Waals surface area contributed by atoms with Crippen LogP contribution in [0.25, 0.3) is 0 Å². The molecule has 3 aromatic rings. The quantitative estimate of drug-likeness (QED) is 0.643. The second-order valence-electron chi connectivity index (χ2n) is 6.28. The predicted octanol–water partition coefficient (Wildman–Crippen LogP) is 2.85. The summed E-state index contributed by atoms with van der Waals surface area (Å²) in [5, 5.41) is 17.3. The van der Waals surface area contributed by atoms with Crippen molar-refractivity contribution in [3.63, 3.8) is 0 Å². The topological polar surface area (TPSA) is 100 Å². The van der Waals surface area contributed by atoms with Crippen molar-refractivity contribution in [2.45, 2.75) is 25.4 Å². The minimum Gasteiger partial charge on any atom is -0.320 e. The van der Waals surface area contributed by atoms with E-state index in [4.69, 9.17) is 0 Å². The fourth-order valence-electron chi connectivity index (χ4n) is 3.08. The minimum absolute atomic E-state index is 0.0565. The zero-order valence-electron chi connectivity index (χ0n) is 14.9. The van der Waals surface area contributed by atoms with Gasteiger partial charge >= 0.3 is 0 Å². The Morgan fingerprint density at radius 1 is 1.18 bits per heavy atom. The van der Waals surface area contributed by atoms with Crippen LogP contribution in [0.3, 0.4) is 0 Å². The van der Waals surface area contributed by atoms with E-state index in [1.807, 2.05) is 35.7 Å². The average Bonchev–Trinajstić information content (AvgIpc) is 3.45. The average molecular weight is 415 g/mol. The summed E-state index contributed by atoms with van der Waals surface area (Å²) in [7, 11) is 0. The Kier molecular flexibility index (Phi) is 5.70. The molecule has 1 aliphatic heterocycles. The van der Waals surface area contributed by atoms with Crippen molar-refractivity contribution in [3.8, 4) is 0 Å². The van der Waals surface area contributed by atoms with E-state index in [1.54, 1.807) is 6.20 Å². The molecule has 10 heteroatoms. The van der Waals surface area contributed by atoms with Crippen molar-refractivity contribution >= 4 is 45.3 Å². The number of nitrogens with zero attached hydrogens (tertiary/aromatic N) is 4. The summed E-state index contributed by atoms with van der Waals surface area (Å²) in [6.07, 6.45) is 3.39. The van der Waals surface area contributed by atoms with Crippen LogP contribution in [0.5, 0.6) is 0 Å². The summed E-state index contributed by atoms with van der Waals surface area (Å²) in [5.41, 5.74) is 0.711. The number of para-hydroxylation sites is 1. The highest BCUT2D eigenvalue weighted by Gasteiger charge is 2.32. The molecule has 1 aromatic carbocycles. The molecular formula is C18H18N6O2S2. The predicted molar refractivity (Wildman–Crippen MR) is 108 cm³/mol. The normalized spacial score (nSPS) is 16.8. The van der Waals surface area contributed by atoms with Gasteiger partial charge in [-0.2, -0.15) is 0 Å². The monoisotopic (exact) mass is 414 g/mol. The first-order valence-corrected chi connectivity index (χ1v) is 10.5. The van der Waals surface area contributed by atoms with Gasteiger partial charge in [-0.3, -0.25) is 14.5 Å². The van der Waals surface area contributed by atoms with E-state index >= 15 is 0 Å². The molecule has 2 aromatic heterocycles. The van der Waals surface area contributed by atoms with Crippen LogP contribution < -0.4 is 10.6 Å². The van der Waals surface area contributed by atoms with Gasteiger partial charge in [0.15, 0.2) is 5.13 Å². The molecule has 1 saturated heterocycles. The first-order valence-electron chi connectivity index (χ1n) is 8.82. The summed E-state index contributed by atoms with van der Waals surface area (Å²) in [5.74, 6) is -0.339. The number of amides is 2. The first kappa shape index (κ1) is 18.7. The van der Waals surface area contributed by atoms with E-state index in [0.717, 1.165) is 19.4 Å². The third kappa shape index (κ3) is 4.41. The van der Waals surface area contributed by atoms with Gasteiger partial charge in [0.2, 0.25) is 10.9 Å². The van der Waals surface area contributed by atoms with Gasteiger partial charge in [0.05, 0.1) is 12.6 Å². The van der Waals surface area contributed by atoms with Gasteiger partial charge < -0.3 is 10.6 Å². The molecule has 8 nitrogen and oxygen atoms in total. The highest BCUT2D eigenvalue weighted by molar-refractivity contribution is 7.13. The third-order valence-electron chi connectivity index (χ3n) is 4.36. The summed E-state index contributed by atoms with van der Waals surface area (Å²) < 4.78 is 0. The molecule has 28 heavy (non-hydrogen) atoms. The molecule has 4 rings (SSSR count). The van der Waals surface area contributed by atoms with E-state index in [1.165, 1.54) is 22.7 Å². The lowest BCUT2D eigenvalue weighted by Crippen LogP contribution is -2.39. The van der Waals surface area contributed by atoms with E-state index in [0.29, 0.717) is 27.4 Å². The molecule has 0 radical (unpaired) electrons. The highest BCUT2D eigenvalue weighted by Crippen LogP contribution is 2.23. The molecular weight excluding hydrogens is 396 g/mol. The Bertz CT molecular complexity index is 944. The Hall–Kier alpha value is -2.69. The molecule has 144 valence electrons. The van der Waals surface area contributed by atoms with Crippen LogP contribution in [0.15, 0.2) is 41.9 Å². The summed E-state index contributed by atoms with van der Waals surface area (Å²) in [4.78, 5) is 31.0. The fourth-order valence-corrected chi connectivity index (χ4v) is 4.37. The van der Waals surface area contributed by atoms with Gasteiger partial charge in [0, 0.05) is 17.3 Å². The van der Waals surface area contributed by atoms with Crippen molar-refractivity contribution in [1.82, 2.24) is 20.1 Å². The van der Waals surface area contributed by atoms with Gasteiger partial charge in [-0.15, -0.1) is 21.5 Å². The molecule has 1 atom stereocenters. The Morgan fingerprint density at radius 3 is 2.82 bits per heavy atom. The highest BCUT2D eigenvalue weighted by atomic mass is 32.1. The Balaban J connectivity index is 1.37. The number of likely N-dealkylation sites (tertiary alicyclic amines) is 1. The Labute approximate surface area is 169 Å². The molecule has 0 saturated carbocycles. The van der Waals surface area contributed by atoms with Crippen LogP contribution in [-0.4, -0.2) is 44.5 Å². The lowest BCUT2D eigenvalue weighted by molar-refractivity contribution is -0.120. The zero-order valence-corrected chi connectivity index (χ0v) is 16.5. The van der Waals surface area contributed by atoms with Gasteiger partial charge in [-0.25, -0.2) is 4.98 Å². The van der Waals surface area contributed by atoms with Crippen LogP contribution in [0.1, 0.15) is 27.7 Å². The number of anilines is 2. The molecule has 1 fully saturated rings. The van der Waals surface area contributed by atoms with Gasteiger partial charge in [0.1, 0.15) is 5.01 Å². The number of hydrogen-bond donors (Lipinski definition) is 2. The van der Waals surface area contributed by atoms with Crippen molar-refractivity contribution in [3.05, 3.63) is 51.9 Å². The van der Waals surface area contributed by atoms with Crippen molar-refractivity contribution < 1.29 is 9.59 Å². The summed E-state index contributed by atoms with van der Waals surface area (Å²) in [6, 6.07) is 8.99. The molecule has 0 aliphatic carbocycles. The van der Waals surface area contributed by atoms with Crippen molar-refractivity contribution in [2.75, 3.05) is 17.2 Å². The maximum atomic E-state index is 12.5. The van der Waals surface area contributed by atoms with Crippen LogP contribution in [0.4, 0.5) is 10.8 Å². The number of thiazole rings is 1. The van der Waals surface area contributed by atoms with Gasteiger partial charge in [0.25, 0.3) is 5.91 Å². The second kappa shape index (κ2) is 8.55. The number of carbonyl (C=O) groups is 2. The van der Waals surface area contributed by atoms with Crippen LogP contribution in [0.2, 0.25) is 0 Å². The lowest BCUT2D eigenvalue weighted by atomic mass is 10.2. The molecule has 0 unspecified atom stereocenters. The zero-order chi connectivity index (χ0) is 19.3. The van der Waals surface area contributed by atoms with Gasteiger partial charge in [-0.1, -0.05) is 29.5 Å².